The summed E-state index contributed by atoms with van der Waals surface area (Å²) in [5, 5.41) is 3.66. The second-order valence-corrected chi connectivity index (χ2v) is 5.96. The summed E-state index contributed by atoms with van der Waals surface area (Å²) in [6.07, 6.45) is -2.23. The summed E-state index contributed by atoms with van der Waals surface area (Å²) < 4.78 is 51.6. The van der Waals surface area contributed by atoms with Crippen LogP contribution >= 0.6 is 0 Å². The molecule has 1 fully saturated rings. The van der Waals surface area contributed by atoms with Gasteiger partial charge in [0.15, 0.2) is 0 Å². The predicted molar refractivity (Wildman–Crippen MR) is 80.4 cm³/mol. The van der Waals surface area contributed by atoms with Crippen molar-refractivity contribution >= 4 is 5.91 Å². The van der Waals surface area contributed by atoms with E-state index in [2.05, 4.69) is 10.1 Å². The zero-order valence-corrected chi connectivity index (χ0v) is 13.2. The first-order chi connectivity index (χ1) is 11.8. The highest BCUT2D eigenvalue weighted by Crippen LogP contribution is 2.28. The lowest BCUT2D eigenvalue weighted by atomic mass is 9.95. The minimum Gasteiger partial charge on any atom is -0.339 e. The average molecular weight is 356 g/mol. The minimum atomic E-state index is -4.36. The minimum absolute atomic E-state index is 0.179. The largest absolute Gasteiger partial charge is 0.408 e. The Hall–Kier alpha value is -2.45. The Bertz CT molecular complexity index is 733. The van der Waals surface area contributed by atoms with Crippen LogP contribution in [0, 0.1) is 5.82 Å². The fraction of sp³-hybridized carbons (Fsp3) is 0.438. The molecule has 0 radical (unpaired) electrons. The van der Waals surface area contributed by atoms with Gasteiger partial charge in [0.2, 0.25) is 0 Å². The van der Waals surface area contributed by atoms with Gasteiger partial charge in [0.25, 0.3) is 5.91 Å². The predicted octanol–water partition coefficient (Wildman–Crippen LogP) is 3.00. The number of likely N-dealkylation sites (tertiary alicyclic amines) is 1. The number of amides is 1. The highest BCUT2D eigenvalue weighted by Gasteiger charge is 2.33. The van der Waals surface area contributed by atoms with Crippen LogP contribution in [0.2, 0.25) is 0 Å². The summed E-state index contributed by atoms with van der Waals surface area (Å²) in [4.78, 5) is 18.0. The quantitative estimate of drug-likeness (QED) is 0.795. The van der Waals surface area contributed by atoms with Crippen molar-refractivity contribution in [3.63, 3.8) is 0 Å². The number of alkyl halides is 3. The van der Waals surface area contributed by atoms with Crippen LogP contribution in [0.4, 0.5) is 17.6 Å². The molecule has 9 heteroatoms. The number of benzene rings is 1. The molecule has 25 heavy (non-hydrogen) atoms. The third-order valence-corrected chi connectivity index (χ3v) is 4.21. The van der Waals surface area contributed by atoms with Crippen molar-refractivity contribution in [3.8, 4) is 0 Å². The van der Waals surface area contributed by atoms with Crippen LogP contribution in [-0.2, 0) is 6.54 Å². The summed E-state index contributed by atoms with van der Waals surface area (Å²) in [6.45, 7) is -0.365. The number of carbonyl (C=O) groups is 1. The lowest BCUT2D eigenvalue weighted by Gasteiger charge is -2.31. The van der Waals surface area contributed by atoms with Crippen molar-refractivity contribution in [2.45, 2.75) is 31.5 Å². The number of carbonyl (C=O) groups excluding carboxylic acids is 1. The molecule has 0 unspecified atom stereocenters. The summed E-state index contributed by atoms with van der Waals surface area (Å²) in [5.74, 6) is -0.511. The Morgan fingerprint density at radius 1 is 1.16 bits per heavy atom. The van der Waals surface area contributed by atoms with E-state index in [0.29, 0.717) is 37.3 Å². The van der Waals surface area contributed by atoms with Crippen LogP contribution in [-0.4, -0.2) is 44.8 Å². The number of hydrogen-bond acceptors (Lipinski definition) is 3. The van der Waals surface area contributed by atoms with Gasteiger partial charge in [-0.3, -0.25) is 4.79 Å². The molecule has 0 atom stereocenters. The number of hydrogen-bond donors (Lipinski definition) is 0. The van der Waals surface area contributed by atoms with Gasteiger partial charge >= 0.3 is 6.18 Å². The molecule has 1 saturated heterocycles. The molecule has 0 aliphatic carbocycles. The fourth-order valence-corrected chi connectivity index (χ4v) is 3.00. The second-order valence-electron chi connectivity index (χ2n) is 5.96. The van der Waals surface area contributed by atoms with E-state index in [1.807, 2.05) is 0 Å². The van der Waals surface area contributed by atoms with E-state index in [1.54, 1.807) is 4.90 Å². The van der Waals surface area contributed by atoms with Crippen LogP contribution in [0.15, 0.2) is 30.6 Å². The van der Waals surface area contributed by atoms with Gasteiger partial charge in [-0.1, -0.05) is 0 Å². The molecule has 1 aliphatic rings. The molecule has 1 amide bonds. The fourth-order valence-electron chi connectivity index (χ4n) is 3.00. The van der Waals surface area contributed by atoms with Gasteiger partial charge in [-0.2, -0.15) is 18.3 Å². The standard InChI is InChI=1S/C16H16F4N4O/c17-13-3-1-12(2-4-13)15(25)23-7-5-11(6-8-23)14-21-10-22-24(14)9-16(18,19)20/h1-4,10-11H,5-9H2. The van der Waals surface area contributed by atoms with Crippen molar-refractivity contribution < 1.29 is 22.4 Å². The summed E-state index contributed by atoms with van der Waals surface area (Å²) >= 11 is 0. The number of piperidine rings is 1. The smallest absolute Gasteiger partial charge is 0.339 e. The highest BCUT2D eigenvalue weighted by atomic mass is 19.4. The van der Waals surface area contributed by atoms with E-state index in [4.69, 9.17) is 0 Å². The molecule has 2 heterocycles. The number of nitrogens with zero attached hydrogens (tertiary/aromatic N) is 4. The van der Waals surface area contributed by atoms with Crippen molar-refractivity contribution in [1.82, 2.24) is 19.7 Å². The van der Waals surface area contributed by atoms with Crippen LogP contribution in [0.25, 0.3) is 0 Å². The van der Waals surface area contributed by atoms with Gasteiger partial charge in [-0.05, 0) is 37.1 Å². The summed E-state index contributed by atoms with van der Waals surface area (Å²) in [6, 6.07) is 5.28. The van der Waals surface area contributed by atoms with Crippen LogP contribution in [0.1, 0.15) is 34.9 Å². The third kappa shape index (κ3) is 4.15. The molecule has 1 aromatic carbocycles. The molecule has 1 aromatic heterocycles. The molecule has 5 nitrogen and oxygen atoms in total. The first kappa shape index (κ1) is 17.4. The van der Waals surface area contributed by atoms with Crippen LogP contribution < -0.4 is 0 Å². The van der Waals surface area contributed by atoms with Crippen molar-refractivity contribution in [3.05, 3.63) is 47.8 Å². The molecular formula is C16H16F4N4O. The average Bonchev–Trinajstić information content (AvgIpc) is 3.01. The van der Waals surface area contributed by atoms with Gasteiger partial charge in [0.05, 0.1) is 0 Å². The molecule has 0 spiro atoms. The lowest BCUT2D eigenvalue weighted by Crippen LogP contribution is -2.38. The molecule has 2 aromatic rings. The summed E-state index contributed by atoms with van der Waals surface area (Å²) in [7, 11) is 0. The molecule has 0 bridgehead atoms. The van der Waals surface area contributed by atoms with E-state index in [1.165, 1.54) is 24.3 Å². The van der Waals surface area contributed by atoms with Crippen molar-refractivity contribution in [2.24, 2.45) is 0 Å². The maximum absolute atomic E-state index is 12.9. The normalized spacial score (nSPS) is 16.2. The van der Waals surface area contributed by atoms with Crippen LogP contribution in [0.5, 0.6) is 0 Å². The zero-order valence-electron chi connectivity index (χ0n) is 13.2. The van der Waals surface area contributed by atoms with Crippen molar-refractivity contribution in [2.75, 3.05) is 13.1 Å². The van der Waals surface area contributed by atoms with E-state index >= 15 is 0 Å². The first-order valence-corrected chi connectivity index (χ1v) is 7.83. The zero-order chi connectivity index (χ0) is 18.0. The number of halogens is 4. The molecular weight excluding hydrogens is 340 g/mol. The monoisotopic (exact) mass is 356 g/mol. The van der Waals surface area contributed by atoms with Gasteiger partial charge in [0, 0.05) is 24.6 Å². The van der Waals surface area contributed by atoms with E-state index < -0.39 is 18.5 Å². The van der Waals surface area contributed by atoms with E-state index in [-0.39, 0.29) is 11.8 Å². The molecule has 3 rings (SSSR count). The van der Waals surface area contributed by atoms with Gasteiger partial charge in [0.1, 0.15) is 24.5 Å². The molecule has 134 valence electrons. The summed E-state index contributed by atoms with van der Waals surface area (Å²) in [5.41, 5.74) is 0.389. The second kappa shape index (κ2) is 6.81. The lowest BCUT2D eigenvalue weighted by molar-refractivity contribution is -0.143. The Morgan fingerprint density at radius 2 is 1.80 bits per heavy atom. The van der Waals surface area contributed by atoms with E-state index in [9.17, 15) is 22.4 Å². The number of aromatic nitrogens is 3. The maximum atomic E-state index is 12.9. The Balaban J connectivity index is 1.63. The van der Waals surface area contributed by atoms with Gasteiger partial charge < -0.3 is 4.90 Å². The molecule has 0 saturated carbocycles. The first-order valence-electron chi connectivity index (χ1n) is 7.83. The van der Waals surface area contributed by atoms with Crippen molar-refractivity contribution in [1.29, 1.82) is 0 Å². The van der Waals surface area contributed by atoms with Crippen LogP contribution in [0.3, 0.4) is 0 Å². The topological polar surface area (TPSA) is 51.0 Å². The molecule has 0 N–H and O–H groups in total. The Kier molecular flexibility index (Phi) is 4.73. The Labute approximate surface area is 141 Å². The number of rotatable bonds is 3. The SMILES string of the molecule is O=C(c1ccc(F)cc1)N1CCC(c2ncnn2CC(F)(F)F)CC1. The van der Waals surface area contributed by atoms with Gasteiger partial charge in [-0.25, -0.2) is 14.1 Å². The van der Waals surface area contributed by atoms with E-state index in [0.717, 1.165) is 11.0 Å². The molecule has 1 aliphatic heterocycles. The van der Waals surface area contributed by atoms with Gasteiger partial charge in [-0.15, -0.1) is 0 Å². The Morgan fingerprint density at radius 3 is 2.40 bits per heavy atom. The maximum Gasteiger partial charge on any atom is 0.408 e. The third-order valence-electron chi connectivity index (χ3n) is 4.21. The highest BCUT2D eigenvalue weighted by molar-refractivity contribution is 5.94.